The number of halogens is 9. The van der Waals surface area contributed by atoms with Gasteiger partial charge in [0.05, 0.1) is 122 Å². The molecule has 0 radical (unpaired) electrons. The molecule has 0 bridgehead atoms. The van der Waals surface area contributed by atoms with Crippen LogP contribution in [0.2, 0.25) is 0 Å². The number of carbonyl (C=O) groups excluding carboxylic acids is 6. The summed E-state index contributed by atoms with van der Waals surface area (Å²) < 4.78 is 120. The van der Waals surface area contributed by atoms with Crippen LogP contribution in [0.5, 0.6) is 0 Å². The lowest BCUT2D eigenvalue weighted by Gasteiger charge is -2.44. The summed E-state index contributed by atoms with van der Waals surface area (Å²) in [5.41, 5.74) is 4.29. The van der Waals surface area contributed by atoms with E-state index in [1.165, 1.54) is 113 Å². The number of amides is 9. The Morgan fingerprint density at radius 2 is 0.822 bits per heavy atom. The minimum Gasteiger partial charge on any atom is -0.392 e. The molecule has 8 heterocycles. The lowest BCUT2D eigenvalue weighted by molar-refractivity contribution is -0.138. The highest BCUT2D eigenvalue weighted by molar-refractivity contribution is 6.08. The Morgan fingerprint density at radius 1 is 0.449 bits per heavy atom. The van der Waals surface area contributed by atoms with Crippen LogP contribution in [-0.2, 0) is 39.5 Å². The maximum Gasteiger partial charge on any atom is 0.416 e. The fourth-order valence-electron chi connectivity index (χ4n) is 13.8. The molecular formula is C76H58F9N15O7. The van der Waals surface area contributed by atoms with E-state index in [9.17, 15) is 83.9 Å². The second kappa shape index (κ2) is 29.5. The number of nitrogens with zero attached hydrogens (tertiary/aromatic N) is 12. The van der Waals surface area contributed by atoms with Crippen LogP contribution in [-0.4, -0.2) is 111 Å². The van der Waals surface area contributed by atoms with Crippen molar-refractivity contribution in [3.8, 4) is 40.6 Å². The maximum atomic E-state index is 13.7. The van der Waals surface area contributed by atoms with Gasteiger partial charge in [-0.05, 0) is 125 Å². The molecule has 14 rings (SSSR count). The Morgan fingerprint density at radius 3 is 1.19 bits per heavy atom. The van der Waals surface area contributed by atoms with Crippen molar-refractivity contribution in [1.29, 1.82) is 15.8 Å². The molecular weight excluding hydrogens is 1410 g/mol. The number of hydrogen-bond acceptors (Lipinski definition) is 13. The molecule has 107 heavy (non-hydrogen) atoms. The third-order valence-electron chi connectivity index (χ3n) is 18.7. The molecule has 0 fully saturated rings. The fourth-order valence-corrected chi connectivity index (χ4v) is 13.8. The number of anilines is 3. The molecule has 9 amide bonds. The predicted octanol–water partition coefficient (Wildman–Crippen LogP) is 12.9. The lowest BCUT2D eigenvalue weighted by Crippen LogP contribution is -2.53. The second-order valence-corrected chi connectivity index (χ2v) is 25.0. The third kappa shape index (κ3) is 14.2. The summed E-state index contributed by atoms with van der Waals surface area (Å²) in [6.07, 6.45) is -5.33. The van der Waals surface area contributed by atoms with Gasteiger partial charge in [-0.25, -0.2) is 14.4 Å². The number of aromatic nitrogens is 3. The van der Waals surface area contributed by atoms with Crippen molar-refractivity contribution in [3.05, 3.63) is 260 Å². The summed E-state index contributed by atoms with van der Waals surface area (Å²) in [4.78, 5) is 100. The van der Waals surface area contributed by atoms with E-state index in [0.29, 0.717) is 78.4 Å². The Bertz CT molecular complexity index is 4960. The van der Waals surface area contributed by atoms with Crippen molar-refractivity contribution >= 4 is 52.9 Å². The molecule has 0 spiro atoms. The highest BCUT2D eigenvalue weighted by Crippen LogP contribution is 2.49. The number of nitriles is 3. The van der Waals surface area contributed by atoms with Gasteiger partial charge in [-0.15, -0.1) is 0 Å². The van der Waals surface area contributed by atoms with E-state index in [-0.39, 0.29) is 72.7 Å². The molecule has 22 nitrogen and oxygen atoms in total. The topological polar surface area (TPSA) is 288 Å². The van der Waals surface area contributed by atoms with Gasteiger partial charge in [0, 0.05) is 113 Å². The number of rotatable bonds is 9. The first-order valence-electron chi connectivity index (χ1n) is 32.7. The molecule has 4 N–H and O–H groups in total. The van der Waals surface area contributed by atoms with Gasteiger partial charge in [0.15, 0.2) is 0 Å². The van der Waals surface area contributed by atoms with Gasteiger partial charge >= 0.3 is 36.6 Å². The standard InChI is InChI=1S/C27H20F3N5O2.C26H19F3N6O2.C23H19F3N4O3/c1-34-24(20-8-7-16(14-31)12-21(20)17-4-3-10-32-15-17)23-22(9-11-33-25(23)36)35(26(34)37)19-6-2-5-18(13-19)27(28,29)30;1-34-23(18-6-5-15(13-30)11-19(18)20-14-31-9-10-32-20)22-21(7-8-33-24(22)36)35(25(34)37)17-4-2-3-16(12-17)26(27,28)29;1-29-20(17-6-5-13(11-27)9-14(17)12-31)19-18(7-8-28-21(19)32)30(22(29)33)16-4-2-3-15(10-16)23(24,25)26/h2-8,10,12-13,15,24H,9,11H2,1H3,(H,33,36);2-6,9-12,14,23H,7-8H2,1H3,(H,33,36);2-6,9-10,20,31H,7-8,12H2,1H3,(H,28,32)/t;;20-/m..1/s1. The number of nitrogens with one attached hydrogen (secondary N) is 3. The molecule has 3 atom stereocenters. The van der Waals surface area contributed by atoms with Crippen LogP contribution in [0.3, 0.4) is 0 Å². The summed E-state index contributed by atoms with van der Waals surface area (Å²) in [7, 11) is 4.43. The molecule has 6 aliphatic heterocycles. The molecule has 6 aliphatic rings. The number of urea groups is 3. The van der Waals surface area contributed by atoms with E-state index in [0.717, 1.165) is 41.3 Å². The summed E-state index contributed by atoms with van der Waals surface area (Å²) >= 11 is 0. The van der Waals surface area contributed by atoms with E-state index in [1.807, 2.05) is 12.1 Å². The summed E-state index contributed by atoms with van der Waals surface area (Å²) in [6.45, 7) is 0.253. The van der Waals surface area contributed by atoms with Crippen LogP contribution in [0.25, 0.3) is 22.4 Å². The quantitative estimate of drug-likeness (QED) is 0.0979. The van der Waals surface area contributed by atoms with Crippen molar-refractivity contribution < 1.29 is 73.4 Å². The van der Waals surface area contributed by atoms with Crippen LogP contribution in [0.4, 0.5) is 71.0 Å². The van der Waals surface area contributed by atoms with Crippen LogP contribution in [0.1, 0.15) is 93.0 Å². The number of aliphatic hydroxyl groups is 1. The Hall–Kier alpha value is -13.2. The monoisotopic (exact) mass is 1460 g/mol. The Balaban J connectivity index is 0.000000150. The molecule has 6 aromatic carbocycles. The maximum absolute atomic E-state index is 13.7. The van der Waals surface area contributed by atoms with Gasteiger partial charge in [0.25, 0.3) is 17.7 Å². The smallest absolute Gasteiger partial charge is 0.392 e. The van der Waals surface area contributed by atoms with E-state index in [1.54, 1.807) is 60.9 Å². The van der Waals surface area contributed by atoms with Gasteiger partial charge in [0.1, 0.15) is 0 Å². The molecule has 0 saturated carbocycles. The normalized spacial score (nSPS) is 18.1. The molecule has 0 aliphatic carbocycles. The lowest BCUT2D eigenvalue weighted by atomic mass is 9.85. The van der Waals surface area contributed by atoms with Gasteiger partial charge in [-0.2, -0.15) is 55.3 Å². The molecule has 542 valence electrons. The zero-order chi connectivity index (χ0) is 76.6. The highest BCUT2D eigenvalue weighted by atomic mass is 19.4. The largest absolute Gasteiger partial charge is 0.416 e. The first-order chi connectivity index (χ1) is 51.1. The average Bonchev–Trinajstić information content (AvgIpc) is 0.746. The molecule has 2 aromatic heterocycles. The average molecular weight is 1460 g/mol. The van der Waals surface area contributed by atoms with E-state index < -0.39 is 95.8 Å². The van der Waals surface area contributed by atoms with Crippen molar-refractivity contribution in [2.24, 2.45) is 0 Å². The number of aliphatic hydroxyl groups excluding tert-OH is 1. The molecule has 8 aromatic rings. The number of benzene rings is 6. The third-order valence-corrected chi connectivity index (χ3v) is 18.7. The van der Waals surface area contributed by atoms with Gasteiger partial charge in [-0.1, -0.05) is 42.5 Å². The Kier molecular flexibility index (Phi) is 20.3. The van der Waals surface area contributed by atoms with Crippen molar-refractivity contribution in [1.82, 2.24) is 45.6 Å². The van der Waals surface area contributed by atoms with Crippen LogP contribution in [0, 0.1) is 34.0 Å². The minimum atomic E-state index is -4.60. The summed E-state index contributed by atoms with van der Waals surface area (Å²) in [6, 6.07) is 33.1. The van der Waals surface area contributed by atoms with Gasteiger partial charge in [0.2, 0.25) is 0 Å². The molecule has 0 saturated heterocycles. The first kappa shape index (κ1) is 73.5. The van der Waals surface area contributed by atoms with Gasteiger partial charge < -0.3 is 35.8 Å². The van der Waals surface area contributed by atoms with Crippen LogP contribution >= 0.6 is 0 Å². The number of hydrogen-bond donors (Lipinski definition) is 4. The van der Waals surface area contributed by atoms with E-state index in [2.05, 4.69) is 43.0 Å². The summed E-state index contributed by atoms with van der Waals surface area (Å²) in [5.74, 6) is -1.30. The number of carbonyl (C=O) groups is 6. The van der Waals surface area contributed by atoms with Crippen molar-refractivity contribution in [2.75, 3.05) is 55.5 Å². The molecule has 2 unspecified atom stereocenters. The second-order valence-electron chi connectivity index (χ2n) is 25.0. The van der Waals surface area contributed by atoms with Crippen LogP contribution < -0.4 is 30.7 Å². The number of pyridine rings is 1. The highest BCUT2D eigenvalue weighted by Gasteiger charge is 2.49. The van der Waals surface area contributed by atoms with Crippen LogP contribution in [0.15, 0.2) is 204 Å². The first-order valence-corrected chi connectivity index (χ1v) is 32.7. The molecule has 31 heteroatoms. The fraction of sp³-hybridized carbons (Fsp3) is 0.211. The zero-order valence-corrected chi connectivity index (χ0v) is 56.5. The summed E-state index contributed by atoms with van der Waals surface area (Å²) in [5, 5.41) is 46.3. The van der Waals surface area contributed by atoms with Crippen molar-refractivity contribution in [2.45, 2.75) is 62.5 Å². The van der Waals surface area contributed by atoms with E-state index >= 15 is 0 Å². The number of alkyl halides is 9. The van der Waals surface area contributed by atoms with Gasteiger partial charge in [-0.3, -0.25) is 44.0 Å². The predicted molar refractivity (Wildman–Crippen MR) is 367 cm³/mol. The van der Waals surface area contributed by atoms with Crippen molar-refractivity contribution in [3.63, 3.8) is 0 Å². The minimum absolute atomic E-state index is 0.00420. The van der Waals surface area contributed by atoms with E-state index in [4.69, 9.17) is 5.26 Å². The number of likely N-dealkylation sites (N-methyl/N-ethyl adjacent to an activating group) is 3. The zero-order valence-electron chi connectivity index (χ0n) is 56.5. The SMILES string of the molecule is CN1C(=O)N(c2cccc(C(F)(F)F)c2)C2=C(C(=O)NCC2)C1c1ccc(C#N)cc1-c1cccnc1.CN1C(=O)N(c2cccc(C(F)(F)F)c2)C2=C(C(=O)NCC2)C1c1ccc(C#N)cc1-c1cnccn1.CN1C(=O)N(c2cccc(C(F)(F)F)c2)C2=C(C(=O)NCC2)[C@H]1c1ccc(C#N)cc1CO. The Labute approximate surface area is 603 Å².